The molecule has 0 aromatic heterocycles. The molecule has 0 aliphatic carbocycles. The van der Waals surface area contributed by atoms with Crippen molar-refractivity contribution in [2.24, 2.45) is 5.92 Å². The molecule has 1 heterocycles. The fourth-order valence-electron chi connectivity index (χ4n) is 4.40. The Bertz CT molecular complexity index is 998. The van der Waals surface area contributed by atoms with Crippen molar-refractivity contribution >= 4 is 5.97 Å². The van der Waals surface area contributed by atoms with Gasteiger partial charge in [0.2, 0.25) is 0 Å². The summed E-state index contributed by atoms with van der Waals surface area (Å²) in [6.07, 6.45) is -7.87. The predicted octanol–water partition coefficient (Wildman–Crippen LogP) is 7.33. The molecule has 3 rings (SSSR count). The fourth-order valence-corrected chi connectivity index (χ4v) is 4.40. The van der Waals surface area contributed by atoms with Gasteiger partial charge in [0.25, 0.3) is 0 Å². The standard InChI is InChI=1S/C25H27F6NO2/c1-14(2)10-20(23(33)34)17-11-16(15-6-8-19(9-7-15)24(26,27)28)12-18(13-17)21-4-3-5-22(32-21)25(29,30)31/h6-9,11-14,20-22,32H,3-5,10H2,1-2H3,(H,33,34)/t20-,21?,22?/m0/s1. The van der Waals surface area contributed by atoms with Crippen molar-refractivity contribution in [3.63, 3.8) is 0 Å². The number of benzene rings is 2. The number of nitrogens with one attached hydrogen (secondary N) is 1. The van der Waals surface area contributed by atoms with E-state index < -0.39 is 41.9 Å². The molecule has 3 atom stereocenters. The lowest BCUT2D eigenvalue weighted by Crippen LogP contribution is -2.46. The van der Waals surface area contributed by atoms with Crippen molar-refractivity contribution in [1.29, 1.82) is 0 Å². The van der Waals surface area contributed by atoms with Crippen LogP contribution in [0.15, 0.2) is 42.5 Å². The Labute approximate surface area is 194 Å². The maximum absolute atomic E-state index is 13.3. The summed E-state index contributed by atoms with van der Waals surface area (Å²) in [6.45, 7) is 3.74. The minimum Gasteiger partial charge on any atom is -0.481 e. The first kappa shape index (κ1) is 26.1. The maximum atomic E-state index is 13.3. The van der Waals surface area contributed by atoms with Gasteiger partial charge in [0.05, 0.1) is 11.5 Å². The molecule has 9 heteroatoms. The molecule has 34 heavy (non-hydrogen) atoms. The van der Waals surface area contributed by atoms with Crippen LogP contribution in [0.3, 0.4) is 0 Å². The van der Waals surface area contributed by atoms with E-state index in [1.54, 1.807) is 18.2 Å². The molecule has 1 aliphatic heterocycles. The van der Waals surface area contributed by atoms with Crippen molar-refractivity contribution in [3.05, 3.63) is 59.2 Å². The Balaban J connectivity index is 2.07. The number of carboxylic acid groups (broad SMARTS) is 1. The van der Waals surface area contributed by atoms with Crippen LogP contribution in [-0.4, -0.2) is 23.3 Å². The van der Waals surface area contributed by atoms with Crippen molar-refractivity contribution in [3.8, 4) is 11.1 Å². The normalized spacial score (nSPS) is 20.4. The van der Waals surface area contributed by atoms with Gasteiger partial charge in [0.1, 0.15) is 6.04 Å². The molecular formula is C25H27F6NO2. The zero-order valence-electron chi connectivity index (χ0n) is 18.8. The van der Waals surface area contributed by atoms with E-state index in [9.17, 15) is 36.2 Å². The molecule has 186 valence electrons. The third-order valence-corrected chi connectivity index (χ3v) is 6.12. The van der Waals surface area contributed by atoms with Gasteiger partial charge in [-0.25, -0.2) is 0 Å². The summed E-state index contributed by atoms with van der Waals surface area (Å²) >= 11 is 0. The molecule has 1 aliphatic rings. The number of aliphatic carboxylic acids is 1. The molecule has 2 aromatic rings. The molecule has 2 unspecified atom stereocenters. The monoisotopic (exact) mass is 487 g/mol. The lowest BCUT2D eigenvalue weighted by molar-refractivity contribution is -0.163. The van der Waals surface area contributed by atoms with E-state index in [4.69, 9.17) is 0 Å². The highest BCUT2D eigenvalue weighted by atomic mass is 19.4. The summed E-state index contributed by atoms with van der Waals surface area (Å²) in [4.78, 5) is 12.0. The summed E-state index contributed by atoms with van der Waals surface area (Å²) in [5, 5.41) is 12.5. The fraction of sp³-hybridized carbons (Fsp3) is 0.480. The number of rotatable bonds is 6. The predicted molar refractivity (Wildman–Crippen MR) is 116 cm³/mol. The summed E-state index contributed by atoms with van der Waals surface area (Å²) < 4.78 is 78.9. The van der Waals surface area contributed by atoms with Crippen molar-refractivity contribution in [2.75, 3.05) is 0 Å². The number of hydrogen-bond acceptors (Lipinski definition) is 2. The first-order valence-electron chi connectivity index (χ1n) is 11.1. The second-order valence-corrected chi connectivity index (χ2v) is 9.23. The molecule has 0 radical (unpaired) electrons. The van der Waals surface area contributed by atoms with Gasteiger partial charge in [-0.1, -0.05) is 38.1 Å². The van der Waals surface area contributed by atoms with Gasteiger partial charge in [-0.05, 0) is 72.1 Å². The molecule has 2 N–H and O–H groups in total. The average Bonchev–Trinajstić information content (AvgIpc) is 2.76. The zero-order valence-corrected chi connectivity index (χ0v) is 18.8. The van der Waals surface area contributed by atoms with Crippen LogP contribution in [0.25, 0.3) is 11.1 Å². The van der Waals surface area contributed by atoms with Crippen molar-refractivity contribution in [2.45, 2.75) is 69.9 Å². The quantitative estimate of drug-likeness (QED) is 0.420. The number of carboxylic acids is 1. The van der Waals surface area contributed by atoms with E-state index in [0.29, 0.717) is 41.5 Å². The van der Waals surface area contributed by atoms with Gasteiger partial charge in [-0.3, -0.25) is 10.1 Å². The van der Waals surface area contributed by atoms with Crippen LogP contribution in [0.2, 0.25) is 0 Å². The van der Waals surface area contributed by atoms with Crippen LogP contribution < -0.4 is 5.32 Å². The van der Waals surface area contributed by atoms with Gasteiger partial charge in [-0.2, -0.15) is 26.3 Å². The largest absolute Gasteiger partial charge is 0.481 e. The molecule has 2 aromatic carbocycles. The van der Waals surface area contributed by atoms with Gasteiger partial charge < -0.3 is 5.11 Å². The summed E-state index contributed by atoms with van der Waals surface area (Å²) in [6, 6.07) is 6.98. The van der Waals surface area contributed by atoms with Crippen LogP contribution >= 0.6 is 0 Å². The first-order chi connectivity index (χ1) is 15.8. The molecule has 1 fully saturated rings. The van der Waals surface area contributed by atoms with Crippen LogP contribution in [0.5, 0.6) is 0 Å². The lowest BCUT2D eigenvalue weighted by Gasteiger charge is -2.33. The lowest BCUT2D eigenvalue weighted by atomic mass is 9.84. The number of halogens is 6. The van der Waals surface area contributed by atoms with Crippen LogP contribution in [-0.2, 0) is 11.0 Å². The summed E-state index contributed by atoms with van der Waals surface area (Å²) in [5.41, 5.74) is 0.985. The Hall–Kier alpha value is -2.55. The second-order valence-electron chi connectivity index (χ2n) is 9.23. The van der Waals surface area contributed by atoms with E-state index in [0.717, 1.165) is 12.1 Å². The Morgan fingerprint density at radius 3 is 2.18 bits per heavy atom. The Morgan fingerprint density at radius 2 is 1.65 bits per heavy atom. The SMILES string of the molecule is CC(C)C[C@H](C(=O)O)c1cc(-c2ccc(C(F)(F)F)cc2)cc(C2CCCC(C(F)(F)F)N2)c1. The molecule has 1 saturated heterocycles. The van der Waals surface area contributed by atoms with Crippen LogP contribution in [0.4, 0.5) is 26.3 Å². The molecule has 3 nitrogen and oxygen atoms in total. The maximum Gasteiger partial charge on any atom is 0.416 e. The number of piperidine rings is 1. The topological polar surface area (TPSA) is 49.3 Å². The molecule has 0 bridgehead atoms. The van der Waals surface area contributed by atoms with E-state index in [1.165, 1.54) is 12.1 Å². The smallest absolute Gasteiger partial charge is 0.416 e. The highest BCUT2D eigenvalue weighted by Crippen LogP contribution is 2.38. The Morgan fingerprint density at radius 1 is 1.00 bits per heavy atom. The van der Waals surface area contributed by atoms with Gasteiger partial charge >= 0.3 is 18.3 Å². The van der Waals surface area contributed by atoms with Crippen LogP contribution in [0.1, 0.15) is 68.2 Å². The van der Waals surface area contributed by atoms with E-state index in [-0.39, 0.29) is 12.3 Å². The van der Waals surface area contributed by atoms with E-state index in [1.807, 2.05) is 13.8 Å². The minimum atomic E-state index is -4.50. The minimum absolute atomic E-state index is 0.0432. The van der Waals surface area contributed by atoms with E-state index in [2.05, 4.69) is 5.32 Å². The third kappa shape index (κ3) is 6.31. The molecule has 0 saturated carbocycles. The highest BCUT2D eigenvalue weighted by Gasteiger charge is 2.42. The Kier molecular flexibility index (Phi) is 7.65. The molecule has 0 amide bonds. The second kappa shape index (κ2) is 9.98. The van der Waals surface area contributed by atoms with Crippen molar-refractivity contribution < 1.29 is 36.2 Å². The molecule has 0 spiro atoms. The van der Waals surface area contributed by atoms with E-state index >= 15 is 0 Å². The first-order valence-corrected chi connectivity index (χ1v) is 11.1. The molecular weight excluding hydrogens is 460 g/mol. The summed E-state index contributed by atoms with van der Waals surface area (Å²) in [5.74, 6) is -1.91. The third-order valence-electron chi connectivity index (χ3n) is 6.12. The van der Waals surface area contributed by atoms with Gasteiger partial charge in [0.15, 0.2) is 0 Å². The average molecular weight is 487 g/mol. The highest BCUT2D eigenvalue weighted by molar-refractivity contribution is 5.77. The number of alkyl halides is 6. The van der Waals surface area contributed by atoms with Gasteiger partial charge in [-0.15, -0.1) is 0 Å². The number of hydrogen-bond donors (Lipinski definition) is 2. The zero-order chi connectivity index (χ0) is 25.3. The van der Waals surface area contributed by atoms with Gasteiger partial charge in [0, 0.05) is 6.04 Å². The van der Waals surface area contributed by atoms with Crippen LogP contribution in [0, 0.1) is 5.92 Å². The van der Waals surface area contributed by atoms with Crippen molar-refractivity contribution in [1.82, 2.24) is 5.32 Å². The number of carbonyl (C=O) groups is 1. The summed E-state index contributed by atoms with van der Waals surface area (Å²) in [7, 11) is 0.